The molecule has 0 amide bonds. The van der Waals surface area contributed by atoms with Crippen molar-refractivity contribution in [3.05, 3.63) is 0 Å². The van der Waals surface area contributed by atoms with Gasteiger partial charge in [0.05, 0.1) is 5.92 Å². The maximum Gasteiger partial charge on any atom is 0.307 e. The SMILES string of the molecule is CC1C(=O)C(=O)CC(C(=O)O)C1(C)C. The first-order chi connectivity index (χ1) is 6.28. The van der Waals surface area contributed by atoms with Crippen molar-refractivity contribution >= 4 is 17.5 Å². The van der Waals surface area contributed by atoms with Gasteiger partial charge in [0.2, 0.25) is 5.78 Å². The van der Waals surface area contributed by atoms with Crippen molar-refractivity contribution in [1.29, 1.82) is 0 Å². The third kappa shape index (κ3) is 1.45. The fourth-order valence-electron chi connectivity index (χ4n) is 1.84. The van der Waals surface area contributed by atoms with Gasteiger partial charge in [-0.2, -0.15) is 0 Å². The molecule has 1 aliphatic carbocycles. The molecule has 0 bridgehead atoms. The van der Waals surface area contributed by atoms with Gasteiger partial charge < -0.3 is 5.11 Å². The van der Waals surface area contributed by atoms with Crippen LogP contribution in [0.1, 0.15) is 27.2 Å². The van der Waals surface area contributed by atoms with E-state index in [1.165, 1.54) is 0 Å². The topological polar surface area (TPSA) is 71.4 Å². The van der Waals surface area contributed by atoms with Crippen molar-refractivity contribution in [3.63, 3.8) is 0 Å². The number of hydrogen-bond acceptors (Lipinski definition) is 3. The molecule has 2 unspecified atom stereocenters. The van der Waals surface area contributed by atoms with Crippen molar-refractivity contribution in [2.45, 2.75) is 27.2 Å². The highest BCUT2D eigenvalue weighted by atomic mass is 16.4. The van der Waals surface area contributed by atoms with Crippen LogP contribution in [0.4, 0.5) is 0 Å². The molecule has 0 radical (unpaired) electrons. The average Bonchev–Trinajstić information content (AvgIpc) is 2.08. The van der Waals surface area contributed by atoms with E-state index in [1.807, 2.05) is 0 Å². The fraction of sp³-hybridized carbons (Fsp3) is 0.700. The van der Waals surface area contributed by atoms with E-state index in [2.05, 4.69) is 0 Å². The van der Waals surface area contributed by atoms with Crippen LogP contribution in [0.3, 0.4) is 0 Å². The molecule has 0 aromatic heterocycles. The Balaban J connectivity index is 3.07. The summed E-state index contributed by atoms with van der Waals surface area (Å²) in [5, 5.41) is 8.93. The monoisotopic (exact) mass is 198 g/mol. The summed E-state index contributed by atoms with van der Waals surface area (Å²) in [7, 11) is 0. The third-order valence-electron chi connectivity index (χ3n) is 3.37. The van der Waals surface area contributed by atoms with Crippen LogP contribution in [0.15, 0.2) is 0 Å². The quantitative estimate of drug-likeness (QED) is 0.635. The molecule has 14 heavy (non-hydrogen) atoms. The highest BCUT2D eigenvalue weighted by Gasteiger charge is 2.49. The summed E-state index contributed by atoms with van der Waals surface area (Å²) in [5.74, 6) is -3.24. The van der Waals surface area contributed by atoms with Crippen LogP contribution in [0, 0.1) is 17.3 Å². The summed E-state index contributed by atoms with van der Waals surface area (Å²) in [5.41, 5.74) is -0.642. The number of Topliss-reactive ketones (excluding diaryl/α,β-unsaturated/α-hetero) is 2. The van der Waals surface area contributed by atoms with E-state index >= 15 is 0 Å². The molecule has 0 aliphatic heterocycles. The minimum absolute atomic E-state index is 0.161. The van der Waals surface area contributed by atoms with Crippen LogP contribution in [-0.4, -0.2) is 22.6 Å². The Bertz CT molecular complexity index is 303. The summed E-state index contributed by atoms with van der Waals surface area (Å²) < 4.78 is 0. The van der Waals surface area contributed by atoms with Gasteiger partial charge in [-0.3, -0.25) is 14.4 Å². The molecule has 1 fully saturated rings. The first kappa shape index (κ1) is 10.9. The molecule has 2 atom stereocenters. The van der Waals surface area contributed by atoms with Crippen molar-refractivity contribution in [2.75, 3.05) is 0 Å². The van der Waals surface area contributed by atoms with E-state index in [-0.39, 0.29) is 6.42 Å². The number of hydrogen-bond donors (Lipinski definition) is 1. The predicted octanol–water partition coefficient (Wildman–Crippen LogP) is 0.891. The molecular formula is C10H14O4. The molecule has 1 aliphatic rings. The molecule has 0 aromatic carbocycles. The molecule has 0 spiro atoms. The van der Waals surface area contributed by atoms with E-state index < -0.39 is 34.8 Å². The van der Waals surface area contributed by atoms with E-state index in [0.717, 1.165) is 0 Å². The van der Waals surface area contributed by atoms with Gasteiger partial charge in [-0.1, -0.05) is 20.8 Å². The maximum atomic E-state index is 11.4. The van der Waals surface area contributed by atoms with Gasteiger partial charge >= 0.3 is 5.97 Å². The van der Waals surface area contributed by atoms with Crippen LogP contribution in [0.5, 0.6) is 0 Å². The second-order valence-electron chi connectivity index (χ2n) is 4.43. The molecule has 1 rings (SSSR count). The fourth-order valence-corrected chi connectivity index (χ4v) is 1.84. The molecule has 78 valence electrons. The minimum Gasteiger partial charge on any atom is -0.481 e. The maximum absolute atomic E-state index is 11.4. The summed E-state index contributed by atoms with van der Waals surface area (Å²) in [6, 6.07) is 0. The second-order valence-corrected chi connectivity index (χ2v) is 4.43. The lowest BCUT2D eigenvalue weighted by molar-refractivity contribution is -0.158. The number of ketones is 2. The average molecular weight is 198 g/mol. The van der Waals surface area contributed by atoms with Gasteiger partial charge in [-0.05, 0) is 5.41 Å². The zero-order chi connectivity index (χ0) is 11.1. The van der Waals surface area contributed by atoms with Gasteiger partial charge in [0.25, 0.3) is 0 Å². The summed E-state index contributed by atoms with van der Waals surface area (Å²) in [6.45, 7) is 5.07. The second kappa shape index (κ2) is 3.19. The van der Waals surface area contributed by atoms with Crippen LogP contribution < -0.4 is 0 Å². The number of carboxylic acid groups (broad SMARTS) is 1. The standard InChI is InChI=1S/C10H14O4/c1-5-8(12)7(11)4-6(9(13)14)10(5,2)3/h5-6H,4H2,1-3H3,(H,13,14). The summed E-state index contributed by atoms with van der Waals surface area (Å²) >= 11 is 0. The molecule has 4 heteroatoms. The molecule has 1 saturated carbocycles. The highest BCUT2D eigenvalue weighted by Crippen LogP contribution is 2.41. The number of carbonyl (C=O) groups excluding carboxylic acids is 2. The Labute approximate surface area is 82.3 Å². The molecule has 0 aromatic rings. The predicted molar refractivity (Wildman–Crippen MR) is 48.7 cm³/mol. The Morgan fingerprint density at radius 2 is 1.93 bits per heavy atom. The van der Waals surface area contributed by atoms with Gasteiger partial charge in [-0.25, -0.2) is 0 Å². The van der Waals surface area contributed by atoms with Crippen molar-refractivity contribution in [2.24, 2.45) is 17.3 Å². The van der Waals surface area contributed by atoms with E-state index in [1.54, 1.807) is 20.8 Å². The lowest BCUT2D eigenvalue weighted by Crippen LogP contribution is -2.48. The van der Waals surface area contributed by atoms with Gasteiger partial charge in [-0.15, -0.1) is 0 Å². The Morgan fingerprint density at radius 1 is 1.43 bits per heavy atom. The third-order valence-corrected chi connectivity index (χ3v) is 3.37. The van der Waals surface area contributed by atoms with Crippen LogP contribution in [-0.2, 0) is 14.4 Å². The number of rotatable bonds is 1. The Morgan fingerprint density at radius 3 is 2.36 bits per heavy atom. The first-order valence-corrected chi connectivity index (χ1v) is 4.58. The van der Waals surface area contributed by atoms with Crippen LogP contribution in [0.2, 0.25) is 0 Å². The summed E-state index contributed by atoms with van der Waals surface area (Å²) in [6.07, 6.45) is -0.161. The van der Waals surface area contributed by atoms with Gasteiger partial charge in [0.15, 0.2) is 5.78 Å². The normalized spacial score (nSPS) is 31.6. The van der Waals surface area contributed by atoms with E-state index in [0.29, 0.717) is 0 Å². The Kier molecular flexibility index (Phi) is 2.48. The molecule has 0 saturated heterocycles. The number of aliphatic carboxylic acids is 1. The molecule has 1 N–H and O–H groups in total. The molecule has 4 nitrogen and oxygen atoms in total. The van der Waals surface area contributed by atoms with Crippen molar-refractivity contribution in [1.82, 2.24) is 0 Å². The number of carboxylic acids is 1. The Hall–Kier alpha value is -1.19. The largest absolute Gasteiger partial charge is 0.481 e. The summed E-state index contributed by atoms with van der Waals surface area (Å²) in [4.78, 5) is 33.5. The lowest BCUT2D eigenvalue weighted by Gasteiger charge is -2.39. The van der Waals surface area contributed by atoms with Gasteiger partial charge in [0.1, 0.15) is 0 Å². The lowest BCUT2D eigenvalue weighted by atomic mass is 9.62. The highest BCUT2D eigenvalue weighted by molar-refractivity contribution is 6.39. The van der Waals surface area contributed by atoms with Crippen molar-refractivity contribution in [3.8, 4) is 0 Å². The number of carbonyl (C=O) groups is 3. The van der Waals surface area contributed by atoms with E-state index in [9.17, 15) is 14.4 Å². The van der Waals surface area contributed by atoms with Crippen LogP contribution >= 0.6 is 0 Å². The van der Waals surface area contributed by atoms with Crippen LogP contribution in [0.25, 0.3) is 0 Å². The van der Waals surface area contributed by atoms with E-state index in [4.69, 9.17) is 5.11 Å². The minimum atomic E-state index is -0.998. The molecule has 0 heterocycles. The first-order valence-electron chi connectivity index (χ1n) is 4.58. The van der Waals surface area contributed by atoms with Crippen molar-refractivity contribution < 1.29 is 19.5 Å². The molecular weight excluding hydrogens is 184 g/mol. The smallest absolute Gasteiger partial charge is 0.307 e. The zero-order valence-corrected chi connectivity index (χ0v) is 8.53. The zero-order valence-electron chi connectivity index (χ0n) is 8.53. The van der Waals surface area contributed by atoms with Gasteiger partial charge in [0, 0.05) is 12.3 Å².